The second-order valence-electron chi connectivity index (χ2n) is 5.15. The summed E-state index contributed by atoms with van der Waals surface area (Å²) in [6.07, 6.45) is 2.34. The third-order valence-corrected chi connectivity index (χ3v) is 3.73. The average Bonchev–Trinajstić information content (AvgIpc) is 2.65. The van der Waals surface area contributed by atoms with E-state index in [1.165, 1.54) is 6.26 Å². The van der Waals surface area contributed by atoms with Gasteiger partial charge in [0, 0.05) is 0 Å². The minimum atomic E-state index is -1.01. The van der Waals surface area contributed by atoms with Gasteiger partial charge in [-0.2, -0.15) is 5.10 Å². The van der Waals surface area contributed by atoms with Gasteiger partial charge >= 0.3 is 11.8 Å². The van der Waals surface area contributed by atoms with Crippen molar-refractivity contribution in [3.63, 3.8) is 0 Å². The molecule has 3 aromatic rings. The van der Waals surface area contributed by atoms with E-state index in [0.717, 1.165) is 6.21 Å². The van der Waals surface area contributed by atoms with Crippen LogP contribution in [0.4, 0.5) is 5.69 Å². The number of hydrogen-bond acceptors (Lipinski definition) is 5. The highest BCUT2D eigenvalue weighted by molar-refractivity contribution is 6.41. The Balaban J connectivity index is 1.67. The summed E-state index contributed by atoms with van der Waals surface area (Å²) in [6.45, 7) is 0. The molecule has 0 radical (unpaired) electrons. The maximum absolute atomic E-state index is 12.3. The van der Waals surface area contributed by atoms with Crippen LogP contribution in [0.3, 0.4) is 0 Å². The predicted molar refractivity (Wildman–Crippen MR) is 98.3 cm³/mol. The van der Waals surface area contributed by atoms with Crippen molar-refractivity contribution in [3.8, 4) is 0 Å². The Morgan fingerprint density at radius 3 is 2.58 bits per heavy atom. The Morgan fingerprint density at radius 1 is 1.04 bits per heavy atom. The number of nitrogens with one attached hydrogen (secondary N) is 2. The Labute approximate surface area is 152 Å². The van der Waals surface area contributed by atoms with E-state index in [1.807, 2.05) is 5.43 Å². The van der Waals surface area contributed by atoms with Gasteiger partial charge < -0.3 is 9.73 Å². The lowest BCUT2D eigenvalue weighted by Crippen LogP contribution is -2.32. The lowest BCUT2D eigenvalue weighted by atomic mass is 10.2. The summed E-state index contributed by atoms with van der Waals surface area (Å²) in [6, 6.07) is 13.2. The summed E-state index contributed by atoms with van der Waals surface area (Å²) in [4.78, 5) is 35.8. The lowest BCUT2D eigenvalue weighted by Gasteiger charge is -2.05. The molecule has 26 heavy (non-hydrogen) atoms. The molecule has 1 heterocycles. The summed E-state index contributed by atoms with van der Waals surface area (Å²) in [5.74, 6) is -1.95. The number of amides is 2. The van der Waals surface area contributed by atoms with Gasteiger partial charge in [0.25, 0.3) is 0 Å². The molecule has 0 saturated heterocycles. The third kappa shape index (κ3) is 3.79. The van der Waals surface area contributed by atoms with Crippen LogP contribution in [0, 0.1) is 0 Å². The molecule has 0 saturated carbocycles. The van der Waals surface area contributed by atoms with Gasteiger partial charge in [0.1, 0.15) is 11.8 Å². The largest absolute Gasteiger partial charge is 0.463 e. The molecule has 8 heteroatoms. The van der Waals surface area contributed by atoms with Crippen LogP contribution in [-0.4, -0.2) is 18.0 Å². The summed E-state index contributed by atoms with van der Waals surface area (Å²) in [5, 5.41) is 6.66. The molecule has 0 aliphatic heterocycles. The van der Waals surface area contributed by atoms with Crippen molar-refractivity contribution in [1.29, 1.82) is 0 Å². The number of rotatable bonds is 3. The number of carbonyl (C=O) groups is 2. The fourth-order valence-corrected chi connectivity index (χ4v) is 2.32. The number of hydrazone groups is 1. The molecule has 2 amide bonds. The number of hydrogen-bond donors (Lipinski definition) is 2. The van der Waals surface area contributed by atoms with Crippen molar-refractivity contribution in [2.45, 2.75) is 0 Å². The molecular weight excluding hydrogens is 358 g/mol. The molecule has 0 bridgehead atoms. The standard InChI is InChI=1S/C18H12ClN3O4/c19-13-6-2-3-7-14(13)21-17(24)18(25)22-20-9-11-10-26-15-8-4-1-5-12(15)16(11)23/h1-10H,(H,21,24)(H,22,25). The van der Waals surface area contributed by atoms with E-state index in [-0.39, 0.29) is 11.0 Å². The topological polar surface area (TPSA) is 101 Å². The Bertz CT molecular complexity index is 1080. The number of benzene rings is 2. The van der Waals surface area contributed by atoms with Crippen molar-refractivity contribution in [3.05, 3.63) is 75.6 Å². The van der Waals surface area contributed by atoms with Crippen LogP contribution in [0.25, 0.3) is 11.0 Å². The van der Waals surface area contributed by atoms with Crippen LogP contribution in [0.1, 0.15) is 5.56 Å². The highest BCUT2D eigenvalue weighted by atomic mass is 35.5. The molecular formula is C18H12ClN3O4. The van der Waals surface area contributed by atoms with Crippen LogP contribution in [-0.2, 0) is 9.59 Å². The highest BCUT2D eigenvalue weighted by Crippen LogP contribution is 2.20. The average molecular weight is 370 g/mol. The van der Waals surface area contributed by atoms with Crippen LogP contribution >= 0.6 is 11.6 Å². The predicted octanol–water partition coefficient (Wildman–Crippen LogP) is 2.54. The molecule has 0 spiro atoms. The molecule has 1 aromatic heterocycles. The first-order chi connectivity index (χ1) is 12.6. The third-order valence-electron chi connectivity index (χ3n) is 3.40. The van der Waals surface area contributed by atoms with Gasteiger partial charge in [-0.3, -0.25) is 14.4 Å². The summed E-state index contributed by atoms with van der Waals surface area (Å²) in [5.41, 5.74) is 2.62. The lowest BCUT2D eigenvalue weighted by molar-refractivity contribution is -0.136. The summed E-state index contributed by atoms with van der Waals surface area (Å²) < 4.78 is 5.32. The number of halogens is 1. The number of para-hydroxylation sites is 2. The highest BCUT2D eigenvalue weighted by Gasteiger charge is 2.14. The van der Waals surface area contributed by atoms with Gasteiger partial charge in [-0.1, -0.05) is 35.9 Å². The van der Waals surface area contributed by atoms with E-state index in [0.29, 0.717) is 21.7 Å². The maximum Gasteiger partial charge on any atom is 0.329 e. The van der Waals surface area contributed by atoms with Crippen LogP contribution in [0.5, 0.6) is 0 Å². The van der Waals surface area contributed by atoms with Crippen LogP contribution < -0.4 is 16.2 Å². The zero-order valence-corrected chi connectivity index (χ0v) is 14.0. The van der Waals surface area contributed by atoms with E-state index in [2.05, 4.69) is 10.4 Å². The maximum atomic E-state index is 12.3. The van der Waals surface area contributed by atoms with E-state index < -0.39 is 11.8 Å². The smallest absolute Gasteiger partial charge is 0.329 e. The number of fused-ring (bicyclic) bond motifs is 1. The van der Waals surface area contributed by atoms with Crippen molar-refractivity contribution >= 4 is 46.3 Å². The van der Waals surface area contributed by atoms with Crippen molar-refractivity contribution in [1.82, 2.24) is 5.43 Å². The molecule has 0 aliphatic carbocycles. The van der Waals surface area contributed by atoms with Gasteiger partial charge in [0.05, 0.1) is 27.9 Å². The van der Waals surface area contributed by atoms with E-state index >= 15 is 0 Å². The molecule has 0 aliphatic rings. The fraction of sp³-hybridized carbons (Fsp3) is 0. The molecule has 0 fully saturated rings. The molecule has 2 aromatic carbocycles. The van der Waals surface area contributed by atoms with Gasteiger partial charge in [-0.25, -0.2) is 5.43 Å². The zero-order chi connectivity index (χ0) is 18.5. The van der Waals surface area contributed by atoms with Crippen LogP contribution in [0.15, 0.2) is 69.1 Å². The van der Waals surface area contributed by atoms with E-state index in [4.69, 9.17) is 16.0 Å². The Hall–Kier alpha value is -3.45. The minimum absolute atomic E-state index is 0.135. The van der Waals surface area contributed by atoms with Crippen molar-refractivity contribution in [2.75, 3.05) is 5.32 Å². The van der Waals surface area contributed by atoms with Gasteiger partial charge in [0.2, 0.25) is 5.43 Å². The van der Waals surface area contributed by atoms with Crippen LogP contribution in [0.2, 0.25) is 5.02 Å². The van der Waals surface area contributed by atoms with Crippen molar-refractivity contribution < 1.29 is 14.0 Å². The molecule has 0 atom stereocenters. The van der Waals surface area contributed by atoms with E-state index in [1.54, 1.807) is 48.5 Å². The van der Waals surface area contributed by atoms with Crippen molar-refractivity contribution in [2.24, 2.45) is 5.10 Å². The SMILES string of the molecule is O=C(NN=Cc1coc2ccccc2c1=O)C(=O)Nc1ccccc1Cl. The fourth-order valence-electron chi connectivity index (χ4n) is 2.13. The number of nitrogens with zero attached hydrogens (tertiary/aromatic N) is 1. The normalized spacial score (nSPS) is 10.8. The second-order valence-corrected chi connectivity index (χ2v) is 5.56. The van der Waals surface area contributed by atoms with Gasteiger partial charge in [0.15, 0.2) is 0 Å². The Morgan fingerprint density at radius 2 is 1.77 bits per heavy atom. The summed E-state index contributed by atoms with van der Waals surface area (Å²) >= 11 is 5.90. The molecule has 3 rings (SSSR count). The van der Waals surface area contributed by atoms with Gasteiger partial charge in [-0.15, -0.1) is 0 Å². The number of carbonyl (C=O) groups excluding carboxylic acids is 2. The monoisotopic (exact) mass is 369 g/mol. The second kappa shape index (κ2) is 7.62. The van der Waals surface area contributed by atoms with E-state index in [9.17, 15) is 14.4 Å². The summed E-state index contributed by atoms with van der Waals surface area (Å²) in [7, 11) is 0. The molecule has 130 valence electrons. The first-order valence-corrected chi connectivity index (χ1v) is 7.83. The zero-order valence-electron chi connectivity index (χ0n) is 13.2. The molecule has 7 nitrogen and oxygen atoms in total. The number of anilines is 1. The first kappa shape index (κ1) is 17.4. The Kier molecular flexibility index (Phi) is 5.09. The first-order valence-electron chi connectivity index (χ1n) is 7.46. The minimum Gasteiger partial charge on any atom is -0.463 e. The van der Waals surface area contributed by atoms with Gasteiger partial charge in [-0.05, 0) is 24.3 Å². The molecule has 2 N–H and O–H groups in total. The quantitative estimate of drug-likeness (QED) is 0.421. The molecule has 0 unspecified atom stereocenters.